The lowest BCUT2D eigenvalue weighted by atomic mass is 10.2. The molecular weight excluding hydrogens is 386 g/mol. The van der Waals surface area contributed by atoms with Gasteiger partial charge in [-0.25, -0.2) is 4.79 Å². The number of nitrogens with zero attached hydrogens (tertiary/aromatic N) is 2. The number of urea groups is 1. The van der Waals surface area contributed by atoms with Crippen molar-refractivity contribution in [1.82, 2.24) is 4.90 Å². The zero-order chi connectivity index (χ0) is 16.9. The standard InChI is InChI=1S/C18H20BrN3OS/c1-24-17-9-5-4-8-16(17)21-10-12-22(13-11-21)18(23)20-15-7-3-2-6-14(15)19/h2-9H,10-13H2,1H3,(H,20,23). The number of para-hydroxylation sites is 2. The van der Waals surface area contributed by atoms with Crippen molar-refractivity contribution < 1.29 is 4.79 Å². The van der Waals surface area contributed by atoms with Crippen molar-refractivity contribution in [2.45, 2.75) is 4.90 Å². The number of anilines is 2. The molecule has 0 radical (unpaired) electrons. The molecule has 1 fully saturated rings. The van der Waals surface area contributed by atoms with Crippen LogP contribution < -0.4 is 10.2 Å². The number of carbonyl (C=O) groups is 1. The number of benzene rings is 2. The number of hydrogen-bond donors (Lipinski definition) is 1. The second-order valence-corrected chi connectivity index (χ2v) is 7.26. The highest BCUT2D eigenvalue weighted by molar-refractivity contribution is 9.10. The van der Waals surface area contributed by atoms with Crippen molar-refractivity contribution in [2.24, 2.45) is 0 Å². The fourth-order valence-corrected chi connectivity index (χ4v) is 3.80. The Morgan fingerprint density at radius 2 is 1.71 bits per heavy atom. The SMILES string of the molecule is CSc1ccccc1N1CCN(C(=O)Nc2ccccc2Br)CC1. The summed E-state index contributed by atoms with van der Waals surface area (Å²) in [5.74, 6) is 0. The molecule has 1 aliphatic rings. The predicted molar refractivity (Wildman–Crippen MR) is 105 cm³/mol. The van der Waals surface area contributed by atoms with Crippen LogP contribution in [0, 0.1) is 0 Å². The maximum Gasteiger partial charge on any atom is 0.321 e. The minimum atomic E-state index is -0.0419. The van der Waals surface area contributed by atoms with E-state index >= 15 is 0 Å². The van der Waals surface area contributed by atoms with Crippen LogP contribution in [-0.2, 0) is 0 Å². The van der Waals surface area contributed by atoms with Gasteiger partial charge in [0.1, 0.15) is 0 Å². The molecule has 1 saturated heterocycles. The van der Waals surface area contributed by atoms with Gasteiger partial charge in [-0.15, -0.1) is 11.8 Å². The van der Waals surface area contributed by atoms with Crippen LogP contribution >= 0.6 is 27.7 Å². The molecule has 0 spiro atoms. The number of halogens is 1. The fourth-order valence-electron chi connectivity index (χ4n) is 2.80. The van der Waals surface area contributed by atoms with E-state index in [9.17, 15) is 4.79 Å². The first-order chi connectivity index (χ1) is 11.7. The third kappa shape index (κ3) is 3.87. The van der Waals surface area contributed by atoms with Crippen LogP contribution in [0.25, 0.3) is 0 Å². The highest BCUT2D eigenvalue weighted by Gasteiger charge is 2.22. The first kappa shape index (κ1) is 17.2. The van der Waals surface area contributed by atoms with Crippen molar-refractivity contribution >= 4 is 45.1 Å². The minimum absolute atomic E-state index is 0.0419. The minimum Gasteiger partial charge on any atom is -0.367 e. The van der Waals surface area contributed by atoms with Crippen molar-refractivity contribution in [3.8, 4) is 0 Å². The zero-order valence-corrected chi connectivity index (χ0v) is 15.9. The largest absolute Gasteiger partial charge is 0.367 e. The summed E-state index contributed by atoms with van der Waals surface area (Å²) in [5, 5.41) is 2.97. The third-order valence-corrected chi connectivity index (χ3v) is 5.58. The van der Waals surface area contributed by atoms with E-state index < -0.39 is 0 Å². The van der Waals surface area contributed by atoms with Gasteiger partial charge in [-0.2, -0.15) is 0 Å². The Bertz CT molecular complexity index is 717. The molecule has 126 valence electrons. The van der Waals surface area contributed by atoms with Crippen LogP contribution in [-0.4, -0.2) is 43.4 Å². The molecular formula is C18H20BrN3OS. The number of rotatable bonds is 3. The summed E-state index contributed by atoms with van der Waals surface area (Å²) < 4.78 is 0.894. The topological polar surface area (TPSA) is 35.6 Å². The van der Waals surface area contributed by atoms with Crippen molar-refractivity contribution in [3.63, 3.8) is 0 Å². The summed E-state index contributed by atoms with van der Waals surface area (Å²) >= 11 is 5.22. The van der Waals surface area contributed by atoms with E-state index in [1.807, 2.05) is 29.2 Å². The van der Waals surface area contributed by atoms with Gasteiger partial charge in [0.25, 0.3) is 0 Å². The lowest BCUT2D eigenvalue weighted by Crippen LogP contribution is -2.50. The monoisotopic (exact) mass is 405 g/mol. The van der Waals surface area contributed by atoms with Crippen molar-refractivity contribution in [1.29, 1.82) is 0 Å². The van der Waals surface area contributed by atoms with Crippen LogP contribution in [0.2, 0.25) is 0 Å². The van der Waals surface area contributed by atoms with Crippen molar-refractivity contribution in [2.75, 3.05) is 42.7 Å². The maximum atomic E-state index is 12.5. The van der Waals surface area contributed by atoms with E-state index in [1.54, 1.807) is 11.8 Å². The smallest absolute Gasteiger partial charge is 0.321 e. The average Bonchev–Trinajstić information content (AvgIpc) is 2.63. The number of carbonyl (C=O) groups excluding carboxylic acids is 1. The van der Waals surface area contributed by atoms with Crippen LogP contribution in [0.4, 0.5) is 16.2 Å². The lowest BCUT2D eigenvalue weighted by molar-refractivity contribution is 0.208. The number of nitrogens with one attached hydrogen (secondary N) is 1. The molecule has 2 aromatic carbocycles. The highest BCUT2D eigenvalue weighted by atomic mass is 79.9. The molecule has 1 aliphatic heterocycles. The van der Waals surface area contributed by atoms with Gasteiger partial charge in [-0.1, -0.05) is 24.3 Å². The van der Waals surface area contributed by atoms with E-state index in [4.69, 9.17) is 0 Å². The van der Waals surface area contributed by atoms with E-state index in [1.165, 1.54) is 10.6 Å². The molecule has 1 heterocycles. The zero-order valence-electron chi connectivity index (χ0n) is 13.5. The van der Waals surface area contributed by atoms with Crippen LogP contribution in [0.5, 0.6) is 0 Å². The Morgan fingerprint density at radius 3 is 2.42 bits per heavy atom. The van der Waals surface area contributed by atoms with E-state index in [0.29, 0.717) is 0 Å². The summed E-state index contributed by atoms with van der Waals surface area (Å²) in [7, 11) is 0. The molecule has 2 aromatic rings. The third-order valence-electron chi connectivity index (χ3n) is 4.11. The summed E-state index contributed by atoms with van der Waals surface area (Å²) in [6, 6.07) is 16.1. The van der Waals surface area contributed by atoms with Gasteiger partial charge in [0.2, 0.25) is 0 Å². The maximum absolute atomic E-state index is 12.5. The second kappa shape index (κ2) is 7.94. The Labute approximate surface area is 155 Å². The van der Waals surface area contributed by atoms with Gasteiger partial charge in [0, 0.05) is 35.5 Å². The molecule has 1 N–H and O–H groups in total. The Balaban J connectivity index is 1.61. The summed E-state index contributed by atoms with van der Waals surface area (Å²) in [5.41, 5.74) is 2.06. The molecule has 0 atom stereocenters. The van der Waals surface area contributed by atoms with Gasteiger partial charge >= 0.3 is 6.03 Å². The molecule has 0 bridgehead atoms. The normalized spacial score (nSPS) is 14.6. The number of hydrogen-bond acceptors (Lipinski definition) is 3. The molecule has 24 heavy (non-hydrogen) atoms. The molecule has 0 aromatic heterocycles. The summed E-state index contributed by atoms with van der Waals surface area (Å²) in [6.07, 6.45) is 2.10. The first-order valence-electron chi connectivity index (χ1n) is 7.87. The first-order valence-corrected chi connectivity index (χ1v) is 9.89. The summed E-state index contributed by atoms with van der Waals surface area (Å²) in [4.78, 5) is 18.0. The van der Waals surface area contributed by atoms with Gasteiger partial charge < -0.3 is 15.1 Å². The van der Waals surface area contributed by atoms with E-state index in [2.05, 4.69) is 56.7 Å². The van der Waals surface area contributed by atoms with Crippen molar-refractivity contribution in [3.05, 3.63) is 53.0 Å². The van der Waals surface area contributed by atoms with E-state index in [-0.39, 0.29) is 6.03 Å². The molecule has 4 nitrogen and oxygen atoms in total. The van der Waals surface area contributed by atoms with Crippen LogP contribution in [0.3, 0.4) is 0 Å². The second-order valence-electron chi connectivity index (χ2n) is 5.56. The highest BCUT2D eigenvalue weighted by Crippen LogP contribution is 2.29. The molecule has 3 rings (SSSR count). The van der Waals surface area contributed by atoms with Gasteiger partial charge in [0.15, 0.2) is 0 Å². The van der Waals surface area contributed by atoms with Gasteiger partial charge in [-0.05, 0) is 46.5 Å². The van der Waals surface area contributed by atoms with Crippen LogP contribution in [0.15, 0.2) is 57.9 Å². The molecule has 0 saturated carbocycles. The fraction of sp³-hybridized carbons (Fsp3) is 0.278. The van der Waals surface area contributed by atoms with E-state index in [0.717, 1.165) is 36.3 Å². The quantitative estimate of drug-likeness (QED) is 0.762. The number of piperazine rings is 1. The van der Waals surface area contributed by atoms with Crippen LogP contribution in [0.1, 0.15) is 0 Å². The Kier molecular flexibility index (Phi) is 5.68. The summed E-state index contributed by atoms with van der Waals surface area (Å²) in [6.45, 7) is 3.14. The number of thioether (sulfide) groups is 1. The van der Waals surface area contributed by atoms with Gasteiger partial charge in [-0.3, -0.25) is 0 Å². The predicted octanol–water partition coefficient (Wildman–Crippen LogP) is 4.53. The Morgan fingerprint density at radius 1 is 1.04 bits per heavy atom. The number of amides is 2. The average molecular weight is 406 g/mol. The molecule has 6 heteroatoms. The lowest BCUT2D eigenvalue weighted by Gasteiger charge is -2.36. The molecule has 0 aliphatic carbocycles. The molecule has 0 unspecified atom stereocenters. The van der Waals surface area contributed by atoms with Gasteiger partial charge in [0.05, 0.1) is 11.4 Å². The molecule has 2 amide bonds. The Hall–Kier alpha value is -1.66.